The predicted molar refractivity (Wildman–Crippen MR) is 98.0 cm³/mol. The van der Waals surface area contributed by atoms with E-state index in [2.05, 4.69) is 29.7 Å². The quantitative estimate of drug-likeness (QED) is 0.768. The molecule has 0 bridgehead atoms. The lowest BCUT2D eigenvalue weighted by Crippen LogP contribution is -2.34. The molecule has 0 unspecified atom stereocenters. The molecule has 0 saturated carbocycles. The van der Waals surface area contributed by atoms with Crippen molar-refractivity contribution in [1.29, 1.82) is 0 Å². The molecule has 128 valence electrons. The number of carbonyl (C=O) groups excluding carboxylic acids is 2. The van der Waals surface area contributed by atoms with Crippen LogP contribution in [0.2, 0.25) is 0 Å². The molecule has 2 amide bonds. The first-order valence-corrected chi connectivity index (χ1v) is 9.10. The largest absolute Gasteiger partial charge is 0.355 e. The van der Waals surface area contributed by atoms with Gasteiger partial charge in [0.1, 0.15) is 0 Å². The van der Waals surface area contributed by atoms with Crippen LogP contribution < -0.4 is 10.6 Å². The van der Waals surface area contributed by atoms with Crippen LogP contribution in [-0.4, -0.2) is 18.4 Å². The summed E-state index contributed by atoms with van der Waals surface area (Å²) in [5.41, 5.74) is 1.23. The van der Waals surface area contributed by atoms with Gasteiger partial charge in [-0.05, 0) is 23.4 Å². The number of benzene rings is 1. The van der Waals surface area contributed by atoms with Crippen molar-refractivity contribution >= 4 is 23.2 Å². The van der Waals surface area contributed by atoms with Gasteiger partial charge in [-0.25, -0.2) is 0 Å². The van der Waals surface area contributed by atoms with Crippen LogP contribution >= 0.6 is 11.3 Å². The maximum Gasteiger partial charge on any atom is 0.222 e. The van der Waals surface area contributed by atoms with Gasteiger partial charge in [-0.1, -0.05) is 43.3 Å². The maximum absolute atomic E-state index is 12.3. The minimum Gasteiger partial charge on any atom is -0.355 e. The molecule has 1 aromatic carbocycles. The normalized spacial score (nSPS) is 13.1. The van der Waals surface area contributed by atoms with E-state index in [1.807, 2.05) is 35.7 Å². The van der Waals surface area contributed by atoms with Gasteiger partial charge >= 0.3 is 0 Å². The highest BCUT2D eigenvalue weighted by atomic mass is 32.1. The Balaban J connectivity index is 1.92. The zero-order valence-electron chi connectivity index (χ0n) is 14.1. The Bertz CT molecular complexity index is 641. The van der Waals surface area contributed by atoms with Crippen LogP contribution in [0, 0.1) is 0 Å². The molecule has 0 saturated heterocycles. The summed E-state index contributed by atoms with van der Waals surface area (Å²) in [6.07, 6.45) is 1.22. The highest BCUT2D eigenvalue weighted by molar-refractivity contribution is 7.10. The monoisotopic (exact) mass is 344 g/mol. The van der Waals surface area contributed by atoms with E-state index in [1.54, 1.807) is 11.3 Å². The van der Waals surface area contributed by atoms with Gasteiger partial charge in [-0.15, -0.1) is 11.3 Å². The first-order valence-electron chi connectivity index (χ1n) is 8.22. The van der Waals surface area contributed by atoms with Gasteiger partial charge in [-0.3, -0.25) is 9.59 Å². The average molecular weight is 344 g/mol. The molecule has 0 radical (unpaired) electrons. The van der Waals surface area contributed by atoms with Crippen molar-refractivity contribution < 1.29 is 9.59 Å². The minimum absolute atomic E-state index is 0.0449. The molecule has 24 heavy (non-hydrogen) atoms. The molecule has 2 atom stereocenters. The highest BCUT2D eigenvalue weighted by Gasteiger charge is 2.19. The third-order valence-electron chi connectivity index (χ3n) is 3.96. The van der Waals surface area contributed by atoms with Crippen LogP contribution in [0.25, 0.3) is 0 Å². The van der Waals surface area contributed by atoms with Crippen molar-refractivity contribution in [2.24, 2.45) is 0 Å². The van der Waals surface area contributed by atoms with E-state index in [1.165, 1.54) is 12.5 Å². The molecule has 2 aromatic rings. The maximum atomic E-state index is 12.3. The number of nitrogens with one attached hydrogen (secondary N) is 2. The fraction of sp³-hybridized carbons (Fsp3) is 0.368. The predicted octanol–water partition coefficient (Wildman–Crippen LogP) is 3.63. The summed E-state index contributed by atoms with van der Waals surface area (Å²) in [5.74, 6) is 0.129. The van der Waals surface area contributed by atoms with E-state index < -0.39 is 0 Å². The Labute approximate surface area is 147 Å². The molecule has 0 aliphatic heterocycles. The molecular formula is C19H24N2O2S. The fourth-order valence-corrected chi connectivity index (χ4v) is 3.45. The molecule has 2 N–H and O–H groups in total. The molecule has 4 nitrogen and oxygen atoms in total. The number of amides is 2. The number of carbonyl (C=O) groups is 2. The SMILES string of the molecule is CC[C@@H](CNC(=O)C[C@H](NC(C)=O)c1cccs1)c1ccccc1. The summed E-state index contributed by atoms with van der Waals surface area (Å²) in [5, 5.41) is 7.82. The summed E-state index contributed by atoms with van der Waals surface area (Å²) in [6, 6.07) is 13.8. The number of hydrogen-bond acceptors (Lipinski definition) is 3. The smallest absolute Gasteiger partial charge is 0.222 e. The highest BCUT2D eigenvalue weighted by Crippen LogP contribution is 2.22. The van der Waals surface area contributed by atoms with E-state index >= 15 is 0 Å². The Kier molecular flexibility index (Phi) is 7.00. The minimum atomic E-state index is -0.265. The average Bonchev–Trinajstić information content (AvgIpc) is 3.10. The summed E-state index contributed by atoms with van der Waals surface area (Å²) in [6.45, 7) is 4.20. The Morgan fingerprint density at radius 3 is 2.46 bits per heavy atom. The summed E-state index contributed by atoms with van der Waals surface area (Å²) in [4.78, 5) is 24.7. The van der Waals surface area contributed by atoms with Crippen LogP contribution in [-0.2, 0) is 9.59 Å². The third kappa shape index (κ3) is 5.49. The fourth-order valence-electron chi connectivity index (χ4n) is 2.68. The molecule has 0 aliphatic carbocycles. The summed E-state index contributed by atoms with van der Waals surface area (Å²) in [7, 11) is 0. The molecule has 0 spiro atoms. The van der Waals surface area contributed by atoms with Crippen LogP contribution in [0.4, 0.5) is 0 Å². The van der Waals surface area contributed by atoms with E-state index in [0.29, 0.717) is 12.5 Å². The van der Waals surface area contributed by atoms with Crippen LogP contribution in [0.1, 0.15) is 49.1 Å². The van der Waals surface area contributed by atoms with E-state index in [4.69, 9.17) is 0 Å². The van der Waals surface area contributed by atoms with Crippen molar-refractivity contribution in [3.63, 3.8) is 0 Å². The van der Waals surface area contributed by atoms with Crippen molar-refractivity contribution in [2.75, 3.05) is 6.54 Å². The molecule has 1 heterocycles. The number of rotatable bonds is 8. The second-order valence-corrected chi connectivity index (χ2v) is 6.77. The lowest BCUT2D eigenvalue weighted by Gasteiger charge is -2.19. The third-order valence-corrected chi connectivity index (χ3v) is 4.95. The number of hydrogen-bond donors (Lipinski definition) is 2. The second kappa shape index (κ2) is 9.23. The van der Waals surface area contributed by atoms with Crippen molar-refractivity contribution in [1.82, 2.24) is 10.6 Å². The Morgan fingerprint density at radius 1 is 1.12 bits per heavy atom. The topological polar surface area (TPSA) is 58.2 Å². The lowest BCUT2D eigenvalue weighted by atomic mass is 9.96. The Morgan fingerprint density at radius 2 is 1.88 bits per heavy atom. The molecule has 0 fully saturated rings. The van der Waals surface area contributed by atoms with Gasteiger partial charge in [-0.2, -0.15) is 0 Å². The standard InChI is InChI=1S/C19H24N2O2S/c1-3-15(16-8-5-4-6-9-16)13-20-19(23)12-17(21-14(2)22)18-10-7-11-24-18/h4-11,15,17H,3,12-13H2,1-2H3,(H,20,23)(H,21,22)/t15-,17-/m0/s1. The van der Waals surface area contributed by atoms with Crippen LogP contribution in [0.5, 0.6) is 0 Å². The molecule has 0 aliphatic rings. The summed E-state index contributed by atoms with van der Waals surface area (Å²) >= 11 is 1.55. The van der Waals surface area contributed by atoms with Crippen molar-refractivity contribution in [3.05, 3.63) is 58.3 Å². The lowest BCUT2D eigenvalue weighted by molar-refractivity contribution is -0.122. The van der Waals surface area contributed by atoms with Crippen LogP contribution in [0.3, 0.4) is 0 Å². The van der Waals surface area contributed by atoms with Crippen molar-refractivity contribution in [2.45, 2.75) is 38.6 Å². The van der Waals surface area contributed by atoms with Gasteiger partial charge in [0.25, 0.3) is 0 Å². The zero-order valence-corrected chi connectivity index (χ0v) is 14.9. The van der Waals surface area contributed by atoms with E-state index in [9.17, 15) is 9.59 Å². The Hall–Kier alpha value is -2.14. The molecule has 1 aromatic heterocycles. The van der Waals surface area contributed by atoms with E-state index in [0.717, 1.165) is 11.3 Å². The van der Waals surface area contributed by atoms with Gasteiger partial charge in [0.05, 0.1) is 12.5 Å². The molecular weight excluding hydrogens is 320 g/mol. The van der Waals surface area contributed by atoms with Gasteiger partial charge in [0.15, 0.2) is 0 Å². The van der Waals surface area contributed by atoms with Gasteiger partial charge in [0.2, 0.25) is 11.8 Å². The first kappa shape index (κ1) is 18.2. The van der Waals surface area contributed by atoms with Crippen molar-refractivity contribution in [3.8, 4) is 0 Å². The summed E-state index contributed by atoms with van der Waals surface area (Å²) < 4.78 is 0. The molecule has 5 heteroatoms. The zero-order chi connectivity index (χ0) is 17.4. The van der Waals surface area contributed by atoms with Gasteiger partial charge < -0.3 is 10.6 Å². The number of thiophene rings is 1. The van der Waals surface area contributed by atoms with Gasteiger partial charge in [0, 0.05) is 24.3 Å². The molecule has 2 rings (SSSR count). The second-order valence-electron chi connectivity index (χ2n) is 5.79. The van der Waals surface area contributed by atoms with E-state index in [-0.39, 0.29) is 24.3 Å². The van der Waals surface area contributed by atoms with Crippen LogP contribution in [0.15, 0.2) is 47.8 Å². The first-order chi connectivity index (χ1) is 11.6.